The molecule has 5 nitrogen and oxygen atoms in total. The van der Waals surface area contributed by atoms with Crippen LogP contribution in [0.2, 0.25) is 0 Å². The Hall–Kier alpha value is -2.04. The molecular weight excluding hydrogens is 244 g/mol. The first-order valence-corrected chi connectivity index (χ1v) is 6.37. The Bertz CT molecular complexity index is 505. The summed E-state index contributed by atoms with van der Waals surface area (Å²) in [6.45, 7) is 2.89. The van der Waals surface area contributed by atoms with Gasteiger partial charge in [-0.25, -0.2) is 0 Å². The normalized spacial score (nSPS) is 16.4. The Morgan fingerprint density at radius 1 is 1.32 bits per heavy atom. The summed E-state index contributed by atoms with van der Waals surface area (Å²) >= 11 is 0. The first kappa shape index (κ1) is 13.4. The van der Waals surface area contributed by atoms with E-state index in [1.54, 1.807) is 24.0 Å². The number of rotatable bonds is 2. The number of aryl methyl sites for hydroxylation is 1. The molecule has 0 unspecified atom stereocenters. The number of piperidine rings is 1. The van der Waals surface area contributed by atoms with Crippen molar-refractivity contribution in [1.82, 2.24) is 4.90 Å². The first-order chi connectivity index (χ1) is 8.99. The maximum absolute atomic E-state index is 12.3. The average Bonchev–Trinajstić information content (AvgIpc) is 2.38. The van der Waals surface area contributed by atoms with Crippen LogP contribution in [0.25, 0.3) is 0 Å². The number of carbonyl (C=O) groups is 2. The van der Waals surface area contributed by atoms with Gasteiger partial charge in [0.25, 0.3) is 5.91 Å². The maximum Gasteiger partial charge on any atom is 0.254 e. The van der Waals surface area contributed by atoms with Crippen molar-refractivity contribution < 1.29 is 14.7 Å². The molecular formula is C14H18N2O3. The molecule has 3 N–H and O–H groups in total. The number of aromatic hydroxyl groups is 1. The molecule has 0 saturated carbocycles. The molecule has 1 aromatic carbocycles. The molecule has 0 atom stereocenters. The van der Waals surface area contributed by atoms with E-state index in [0.717, 1.165) is 5.56 Å². The molecule has 1 aliphatic rings. The second-order valence-electron chi connectivity index (χ2n) is 4.97. The van der Waals surface area contributed by atoms with Gasteiger partial charge in [0.1, 0.15) is 5.75 Å². The molecule has 102 valence electrons. The highest BCUT2D eigenvalue weighted by Gasteiger charge is 2.26. The second kappa shape index (κ2) is 5.30. The first-order valence-electron chi connectivity index (χ1n) is 6.37. The van der Waals surface area contributed by atoms with Crippen molar-refractivity contribution in [3.05, 3.63) is 29.3 Å². The zero-order chi connectivity index (χ0) is 14.0. The molecule has 1 aliphatic heterocycles. The lowest BCUT2D eigenvalue weighted by Gasteiger charge is -2.31. The summed E-state index contributed by atoms with van der Waals surface area (Å²) in [5.41, 5.74) is 6.62. The number of phenolic OH excluding ortho intramolecular Hbond substituents is 1. The third kappa shape index (κ3) is 2.86. The molecule has 0 bridgehead atoms. The van der Waals surface area contributed by atoms with E-state index in [4.69, 9.17) is 5.73 Å². The highest BCUT2D eigenvalue weighted by molar-refractivity contribution is 5.96. The van der Waals surface area contributed by atoms with Gasteiger partial charge in [0, 0.05) is 24.6 Å². The van der Waals surface area contributed by atoms with Crippen LogP contribution in [-0.2, 0) is 4.79 Å². The van der Waals surface area contributed by atoms with Gasteiger partial charge in [-0.2, -0.15) is 0 Å². The summed E-state index contributed by atoms with van der Waals surface area (Å²) in [5.74, 6) is -0.306. The maximum atomic E-state index is 12.3. The highest BCUT2D eigenvalue weighted by atomic mass is 16.3. The number of hydrogen-bond acceptors (Lipinski definition) is 3. The number of primary amides is 1. The largest absolute Gasteiger partial charge is 0.508 e. The number of nitrogens with two attached hydrogens (primary N) is 1. The van der Waals surface area contributed by atoms with E-state index in [1.807, 2.05) is 0 Å². The van der Waals surface area contributed by atoms with Gasteiger partial charge in [-0.3, -0.25) is 9.59 Å². The Labute approximate surface area is 112 Å². The molecule has 2 rings (SSSR count). The predicted octanol–water partition coefficient (Wildman–Crippen LogP) is 1.04. The van der Waals surface area contributed by atoms with Crippen molar-refractivity contribution in [2.75, 3.05) is 13.1 Å². The van der Waals surface area contributed by atoms with Gasteiger partial charge in [0.15, 0.2) is 0 Å². The summed E-state index contributed by atoms with van der Waals surface area (Å²) in [7, 11) is 0. The summed E-state index contributed by atoms with van der Waals surface area (Å²) < 4.78 is 0. The molecule has 0 aromatic heterocycles. The molecule has 2 amide bonds. The van der Waals surface area contributed by atoms with E-state index in [0.29, 0.717) is 31.5 Å². The predicted molar refractivity (Wildman–Crippen MR) is 70.7 cm³/mol. The van der Waals surface area contributed by atoms with Gasteiger partial charge in [-0.1, -0.05) is 0 Å². The standard InChI is InChI=1S/C14H18N2O3/c1-9-8-11(17)2-3-12(9)14(19)16-6-4-10(5-7-16)13(15)18/h2-3,8,10,17H,4-7H2,1H3,(H2,15,18). The van der Waals surface area contributed by atoms with E-state index < -0.39 is 0 Å². The van der Waals surface area contributed by atoms with Crippen molar-refractivity contribution in [1.29, 1.82) is 0 Å². The summed E-state index contributed by atoms with van der Waals surface area (Å²) in [4.78, 5) is 25.2. The minimum Gasteiger partial charge on any atom is -0.508 e. The zero-order valence-corrected chi connectivity index (χ0v) is 10.9. The van der Waals surface area contributed by atoms with Crippen LogP contribution in [0.3, 0.4) is 0 Å². The number of hydrogen-bond donors (Lipinski definition) is 2. The average molecular weight is 262 g/mol. The van der Waals surface area contributed by atoms with Crippen molar-refractivity contribution >= 4 is 11.8 Å². The quantitative estimate of drug-likeness (QED) is 0.835. The lowest BCUT2D eigenvalue weighted by molar-refractivity contribution is -0.123. The monoisotopic (exact) mass is 262 g/mol. The van der Waals surface area contributed by atoms with Gasteiger partial charge in [0.05, 0.1) is 0 Å². The number of carbonyl (C=O) groups excluding carboxylic acids is 2. The van der Waals surface area contributed by atoms with Crippen LogP contribution in [0.1, 0.15) is 28.8 Å². The molecule has 1 fully saturated rings. The minimum absolute atomic E-state index is 0.0552. The van der Waals surface area contributed by atoms with E-state index in [9.17, 15) is 14.7 Å². The molecule has 5 heteroatoms. The molecule has 0 radical (unpaired) electrons. The van der Waals surface area contributed by atoms with E-state index in [2.05, 4.69) is 0 Å². The molecule has 1 heterocycles. The number of phenols is 1. The fourth-order valence-electron chi connectivity index (χ4n) is 2.43. The summed E-state index contributed by atoms with van der Waals surface area (Å²) in [5, 5.41) is 9.35. The van der Waals surface area contributed by atoms with Crippen molar-refractivity contribution in [2.24, 2.45) is 11.7 Å². The van der Waals surface area contributed by atoms with Crippen LogP contribution in [0, 0.1) is 12.8 Å². The third-order valence-electron chi connectivity index (χ3n) is 3.62. The highest BCUT2D eigenvalue weighted by Crippen LogP contribution is 2.21. The fraction of sp³-hybridized carbons (Fsp3) is 0.429. The van der Waals surface area contributed by atoms with Crippen molar-refractivity contribution in [3.8, 4) is 5.75 Å². The Kier molecular flexibility index (Phi) is 3.74. The van der Waals surface area contributed by atoms with Crippen LogP contribution < -0.4 is 5.73 Å². The van der Waals surface area contributed by atoms with E-state index in [-0.39, 0.29) is 23.5 Å². The number of amides is 2. The zero-order valence-electron chi connectivity index (χ0n) is 10.9. The van der Waals surface area contributed by atoms with Crippen LogP contribution in [0.15, 0.2) is 18.2 Å². The van der Waals surface area contributed by atoms with Gasteiger partial charge in [0.2, 0.25) is 5.91 Å². The van der Waals surface area contributed by atoms with Gasteiger partial charge in [-0.15, -0.1) is 0 Å². The SMILES string of the molecule is Cc1cc(O)ccc1C(=O)N1CCC(C(N)=O)CC1. The second-order valence-corrected chi connectivity index (χ2v) is 4.97. The Balaban J connectivity index is 2.07. The molecule has 1 saturated heterocycles. The lowest BCUT2D eigenvalue weighted by Crippen LogP contribution is -2.41. The van der Waals surface area contributed by atoms with Crippen molar-refractivity contribution in [3.63, 3.8) is 0 Å². The Morgan fingerprint density at radius 2 is 1.95 bits per heavy atom. The third-order valence-corrected chi connectivity index (χ3v) is 3.62. The summed E-state index contributed by atoms with van der Waals surface area (Å²) in [6, 6.07) is 4.72. The fourth-order valence-corrected chi connectivity index (χ4v) is 2.43. The van der Waals surface area contributed by atoms with Gasteiger partial charge in [-0.05, 0) is 43.5 Å². The minimum atomic E-state index is -0.284. The van der Waals surface area contributed by atoms with Crippen LogP contribution >= 0.6 is 0 Å². The van der Waals surface area contributed by atoms with Crippen LogP contribution in [0.5, 0.6) is 5.75 Å². The molecule has 19 heavy (non-hydrogen) atoms. The lowest BCUT2D eigenvalue weighted by atomic mass is 9.95. The van der Waals surface area contributed by atoms with E-state index in [1.165, 1.54) is 6.07 Å². The number of likely N-dealkylation sites (tertiary alicyclic amines) is 1. The smallest absolute Gasteiger partial charge is 0.254 e. The molecule has 0 spiro atoms. The Morgan fingerprint density at radius 3 is 2.47 bits per heavy atom. The number of benzene rings is 1. The van der Waals surface area contributed by atoms with Gasteiger partial charge < -0.3 is 15.7 Å². The molecule has 0 aliphatic carbocycles. The van der Waals surface area contributed by atoms with Gasteiger partial charge >= 0.3 is 0 Å². The van der Waals surface area contributed by atoms with Crippen LogP contribution in [-0.4, -0.2) is 34.9 Å². The number of nitrogens with zero attached hydrogens (tertiary/aromatic N) is 1. The molecule has 1 aromatic rings. The van der Waals surface area contributed by atoms with E-state index >= 15 is 0 Å². The van der Waals surface area contributed by atoms with Crippen LogP contribution in [0.4, 0.5) is 0 Å². The summed E-state index contributed by atoms with van der Waals surface area (Å²) in [6.07, 6.45) is 1.25. The topological polar surface area (TPSA) is 83.6 Å². The van der Waals surface area contributed by atoms with Crippen molar-refractivity contribution in [2.45, 2.75) is 19.8 Å².